The smallest absolute Gasteiger partial charge is 0.323 e. The molecule has 20 N–H and O–H groups in total. The molecule has 3 aromatic carbocycles. The number of primary amides is 1. The van der Waals surface area contributed by atoms with E-state index in [1.807, 2.05) is 46.8 Å². The summed E-state index contributed by atoms with van der Waals surface area (Å²) >= 11 is 0. The molecule has 4 aliphatic rings. The maximum atomic E-state index is 15.9. The van der Waals surface area contributed by atoms with E-state index >= 15 is 38.4 Å². The van der Waals surface area contributed by atoms with Gasteiger partial charge in [-0.05, 0) is 131 Å². The summed E-state index contributed by atoms with van der Waals surface area (Å²) in [5.41, 5.74) is 28.5. The average molecular weight is 1810 g/mol. The number of nitrogens with one attached hydrogen (secondary N) is 10. The van der Waals surface area contributed by atoms with Gasteiger partial charge in [0.2, 0.25) is 88.6 Å². The summed E-state index contributed by atoms with van der Waals surface area (Å²) in [6, 6.07) is 1.37. The number of aromatic nitrogens is 2. The molecule has 2 aromatic heterocycles. The Morgan fingerprint density at radius 2 is 1.02 bits per heavy atom. The fourth-order valence-electron chi connectivity index (χ4n) is 17.7. The predicted molar refractivity (Wildman–Crippen MR) is 484 cm³/mol. The van der Waals surface area contributed by atoms with E-state index in [9.17, 15) is 48.6 Å². The Balaban J connectivity index is 1.08. The minimum atomic E-state index is -1.68. The van der Waals surface area contributed by atoms with Crippen molar-refractivity contribution in [1.29, 1.82) is 0 Å². The number of hydrogen-bond donors (Lipinski definition) is 16. The molecule has 5 aromatic rings. The Labute approximate surface area is 757 Å². The summed E-state index contributed by atoms with van der Waals surface area (Å²) in [4.78, 5) is 245. The highest BCUT2D eigenvalue weighted by Gasteiger charge is 2.47. The molecule has 4 fully saturated rings. The Morgan fingerprint density at radius 1 is 0.500 bits per heavy atom. The third-order valence-corrected chi connectivity index (χ3v) is 24.8. The average Bonchev–Trinajstić information content (AvgIpc) is 1.64. The number of carbonyl (C=O) groups excluding carboxylic acids is 15. The number of nitrogens with zero attached hydrogens (tertiary/aromatic N) is 6. The Morgan fingerprint density at radius 3 is 1.67 bits per heavy atom. The number of amides is 15. The topological polar surface area (TPSA) is 563 Å². The fourth-order valence-corrected chi connectivity index (χ4v) is 17.7. The van der Waals surface area contributed by atoms with Gasteiger partial charge >= 0.3 is 5.97 Å². The first kappa shape index (κ1) is 102. The van der Waals surface area contributed by atoms with Gasteiger partial charge < -0.3 is 115 Å². The van der Waals surface area contributed by atoms with Gasteiger partial charge in [-0.3, -0.25) is 76.7 Å². The van der Waals surface area contributed by atoms with Crippen molar-refractivity contribution in [2.45, 2.75) is 281 Å². The highest BCUT2D eigenvalue weighted by molar-refractivity contribution is 6.02. The number of carboxylic acid groups (broad SMARTS) is 1. The summed E-state index contributed by atoms with van der Waals surface area (Å²) in [5, 5.41) is 47.8. The second-order valence-corrected chi connectivity index (χ2v) is 35.8. The van der Waals surface area contributed by atoms with Crippen LogP contribution in [0.3, 0.4) is 0 Å². The molecular formula is C92H134N20O18. The molecule has 6 heterocycles. The van der Waals surface area contributed by atoms with E-state index in [1.165, 1.54) is 33.4 Å². The van der Waals surface area contributed by atoms with Crippen LogP contribution in [-0.2, 0) is 103 Å². The minimum absolute atomic E-state index is 0.0198. The second kappa shape index (κ2) is 48.1. The van der Waals surface area contributed by atoms with Crippen molar-refractivity contribution in [2.24, 2.45) is 34.8 Å². The molecule has 0 spiro atoms. The van der Waals surface area contributed by atoms with Gasteiger partial charge in [0, 0.05) is 107 Å². The largest absolute Gasteiger partial charge is 0.480 e. The number of H-pyrrole nitrogens is 1. The first-order valence-corrected chi connectivity index (χ1v) is 45.6. The van der Waals surface area contributed by atoms with E-state index in [-0.39, 0.29) is 128 Å². The number of fused-ring (bicyclic) bond motifs is 5. The summed E-state index contributed by atoms with van der Waals surface area (Å²) in [6.07, 6.45) is 3.37. The highest BCUT2D eigenvalue weighted by atomic mass is 16.4. The molecule has 4 aliphatic heterocycles. The number of carboxylic acids is 1. The Kier molecular flexibility index (Phi) is 37.7. The molecular weight excluding hydrogens is 1670 g/mol. The summed E-state index contributed by atoms with van der Waals surface area (Å²) in [6.45, 7) is 11.1. The molecule has 0 aliphatic carbocycles. The van der Waals surface area contributed by atoms with Crippen LogP contribution in [0.5, 0.6) is 0 Å². The normalized spacial score (nSPS) is 26.0. The number of unbranched alkanes of at least 4 members (excludes halogenated alkanes) is 2. The number of aliphatic hydroxyl groups is 1. The van der Waals surface area contributed by atoms with Crippen molar-refractivity contribution in [3.63, 3.8) is 0 Å². The zero-order valence-corrected chi connectivity index (χ0v) is 76.1. The van der Waals surface area contributed by atoms with Crippen LogP contribution in [0.2, 0.25) is 0 Å². The number of carbonyl (C=O) groups is 16. The Hall–Kier alpha value is -11.9. The van der Waals surface area contributed by atoms with Gasteiger partial charge in [-0.15, -0.1) is 0 Å². The number of aromatic amines is 1. The van der Waals surface area contributed by atoms with Crippen LogP contribution in [-0.4, -0.2) is 283 Å². The van der Waals surface area contributed by atoms with Gasteiger partial charge in [0.25, 0.3) is 0 Å². The monoisotopic (exact) mass is 1810 g/mol. The molecule has 38 heteroatoms. The van der Waals surface area contributed by atoms with Crippen LogP contribution in [0.4, 0.5) is 0 Å². The number of piperidine rings is 1. The Bertz CT molecular complexity index is 4840. The number of aryl methyl sites for hydroxylation is 1. The molecule has 4 saturated heterocycles. The lowest BCUT2D eigenvalue weighted by atomic mass is 9.97. The zero-order valence-electron chi connectivity index (χ0n) is 76.1. The summed E-state index contributed by atoms with van der Waals surface area (Å²) in [7, 11) is 2.83. The van der Waals surface area contributed by atoms with Crippen LogP contribution in [0.25, 0.3) is 21.8 Å². The second-order valence-electron chi connectivity index (χ2n) is 35.8. The molecule has 9 rings (SSSR count). The molecule has 15 amide bonds. The number of aliphatic hydroxyl groups excluding tert-OH is 1. The van der Waals surface area contributed by atoms with Gasteiger partial charge in [0.1, 0.15) is 85.1 Å². The predicted octanol–water partition coefficient (Wildman–Crippen LogP) is 0.303. The van der Waals surface area contributed by atoms with E-state index in [0.29, 0.717) is 77.0 Å². The maximum absolute atomic E-state index is 15.9. The van der Waals surface area contributed by atoms with Gasteiger partial charge in [-0.1, -0.05) is 133 Å². The standard InChI is InChI=1S/C92H134N20O18/c1-10-12-26-72-84(122)100-64(40-52(3)4)80(118)97-37-20-24-61(95)79(117)102-67(42-55-33-31-54(7)32-34-55)89(127)110-38-19-18-29-73(110)85(123)105-69(46-77(96)114)90(128)111-39-21-30-74(111)86(124)106-70(47-94)83(121)103-66(41-53(5)6)91(129)112-50-58(113)45-76(112)87(125)101-65(43-56-48-98-62-25-16-14-22-59(56)62)82(120)99-63(35-36-93)81(119)104-68(88(126)108(9)75(27-13-11-2)92(130)107(72)8)44-57-49-109(51-78(115)116)71-28-17-15-23-60(57)71/h14-17,22-23,25,28,31-34,48-49,52-53,58,61,63-70,72-76,98,113H,10-13,18-21,24,26-27,29-30,35-47,50-51,93-95H2,1-9H3,(H2,96,114)(H,97,118)(H,99,120)(H,100,122)(H,101,125)(H,102,117)(H,103,121)(H,104,119)(H,105,123)(H,106,124)(H,115,116)/t58-,61-,63+,64+,65+,66+,67+,68+,69+,70+,72+,73+,74+,75+,76+/m1/s1. The van der Waals surface area contributed by atoms with Gasteiger partial charge in [-0.25, -0.2) is 0 Å². The molecule has 0 unspecified atom stereocenters. The van der Waals surface area contributed by atoms with E-state index in [0.717, 1.165) is 15.4 Å². The zero-order chi connectivity index (χ0) is 94.9. The summed E-state index contributed by atoms with van der Waals surface area (Å²) in [5.74, 6) is -14.1. The van der Waals surface area contributed by atoms with Gasteiger partial charge in [-0.2, -0.15) is 0 Å². The van der Waals surface area contributed by atoms with Crippen molar-refractivity contribution in [3.05, 3.63) is 107 Å². The van der Waals surface area contributed by atoms with Crippen molar-refractivity contribution < 1.29 is 86.9 Å². The first-order chi connectivity index (χ1) is 61.9. The SMILES string of the molecule is CCCC[C@H]1C(=O)N(C)[C@@H](CCCC)C(=O)N[C@@H](CC(C)C)C(=O)NCCC[C@@H](N)C(=O)N[C@@H](Cc2ccc(C)cc2)C(=O)N2CCCC[C@H]2C(=O)N[C@@H](CC(N)=O)C(=O)N2CCC[C@H]2C(=O)N[C@@H](CN)C(=O)N[C@@H](CC(C)C)C(=O)N2C[C@H](O)C[C@H]2C(=O)N[C@@H](Cc2c[nH]c3ccccc23)C(=O)N[C@@H](CCN)C(=O)N[C@@H](Cc2cn(CC(=O)O)c3ccccc23)C(=O)N1C. The lowest BCUT2D eigenvalue weighted by Crippen LogP contribution is -2.62. The third-order valence-electron chi connectivity index (χ3n) is 24.8. The van der Waals surface area contributed by atoms with E-state index in [2.05, 4.69) is 52.8 Å². The van der Waals surface area contributed by atoms with Crippen molar-refractivity contribution >= 4 is 116 Å². The van der Waals surface area contributed by atoms with Crippen molar-refractivity contribution in [1.82, 2.24) is 81.9 Å². The van der Waals surface area contributed by atoms with E-state index in [1.54, 1.807) is 86.9 Å². The number of benzene rings is 3. The van der Waals surface area contributed by atoms with Crippen molar-refractivity contribution in [3.8, 4) is 0 Å². The molecule has 15 atom stereocenters. The highest BCUT2D eigenvalue weighted by Crippen LogP contribution is 2.30. The molecule has 130 heavy (non-hydrogen) atoms. The van der Waals surface area contributed by atoms with Crippen LogP contribution in [0, 0.1) is 18.8 Å². The number of likely N-dealkylation sites (N-methyl/N-ethyl adjacent to an activating group) is 2. The fraction of sp³-hybridized carbons (Fsp3) is 0.587. The lowest BCUT2D eigenvalue weighted by Gasteiger charge is -2.38. The lowest BCUT2D eigenvalue weighted by molar-refractivity contribution is -0.149. The molecule has 0 bridgehead atoms. The van der Waals surface area contributed by atoms with Crippen molar-refractivity contribution in [2.75, 3.05) is 53.4 Å². The van der Waals surface area contributed by atoms with Crippen LogP contribution < -0.4 is 70.8 Å². The van der Waals surface area contributed by atoms with Crippen LogP contribution in [0.1, 0.15) is 179 Å². The summed E-state index contributed by atoms with van der Waals surface area (Å²) < 4.78 is 1.47. The minimum Gasteiger partial charge on any atom is -0.480 e. The number of nitrogens with two attached hydrogens (primary N) is 4. The number of aliphatic carboxylic acids is 1. The molecule has 710 valence electrons. The number of rotatable bonds is 23. The quantitative estimate of drug-likeness (QED) is 0.0418. The first-order valence-electron chi connectivity index (χ1n) is 45.6. The molecule has 0 saturated carbocycles. The van der Waals surface area contributed by atoms with E-state index < -0.39 is 211 Å². The maximum Gasteiger partial charge on any atom is 0.323 e. The number of hydrogen-bond acceptors (Lipinski definition) is 20. The number of para-hydroxylation sites is 2. The van der Waals surface area contributed by atoms with Crippen LogP contribution >= 0.6 is 0 Å². The molecule has 0 radical (unpaired) electrons. The van der Waals surface area contributed by atoms with Crippen LogP contribution in [0.15, 0.2) is 85.2 Å². The molecule has 38 nitrogen and oxygen atoms in total. The third kappa shape index (κ3) is 27.1. The van der Waals surface area contributed by atoms with Gasteiger partial charge in [0.05, 0.1) is 18.6 Å². The van der Waals surface area contributed by atoms with E-state index in [4.69, 9.17) is 22.9 Å². The van der Waals surface area contributed by atoms with Gasteiger partial charge in [0.15, 0.2) is 0 Å².